The lowest BCUT2D eigenvalue weighted by molar-refractivity contribution is 0.820. The number of pyridine rings is 1. The highest BCUT2D eigenvalue weighted by Gasteiger charge is 2.11. The Kier molecular flexibility index (Phi) is 2.85. The second kappa shape index (κ2) is 4.18. The summed E-state index contributed by atoms with van der Waals surface area (Å²) in [6.45, 7) is 1.82. The number of hydrogen-bond donors (Lipinski definition) is 1. The van der Waals surface area contributed by atoms with Crippen LogP contribution in [0.2, 0.25) is 5.02 Å². The monoisotopic (exact) mass is 250 g/mol. The molecule has 2 rings (SSSR count). The fourth-order valence-corrected chi connectivity index (χ4v) is 1.75. The number of nitrogens with zero attached hydrogens (tertiary/aromatic N) is 3. The molecule has 0 aliphatic carbocycles. The molecule has 0 unspecified atom stereocenters. The minimum atomic E-state index is -0.0793. The van der Waals surface area contributed by atoms with Gasteiger partial charge in [-0.15, -0.1) is 0 Å². The molecule has 2 N–H and O–H groups in total. The number of aromatic nitrogens is 3. The highest BCUT2D eigenvalue weighted by molar-refractivity contribution is 6.32. The number of halogens is 1. The van der Waals surface area contributed by atoms with Gasteiger partial charge in [-0.1, -0.05) is 11.6 Å². The van der Waals surface area contributed by atoms with Gasteiger partial charge >= 0.3 is 0 Å². The van der Waals surface area contributed by atoms with Gasteiger partial charge in [0.25, 0.3) is 0 Å². The van der Waals surface area contributed by atoms with E-state index in [0.29, 0.717) is 10.7 Å². The van der Waals surface area contributed by atoms with Gasteiger partial charge in [0.05, 0.1) is 16.9 Å². The largest absolute Gasteiger partial charge is 0.368 e. The molecule has 2 aromatic heterocycles. The van der Waals surface area contributed by atoms with Crippen molar-refractivity contribution in [3.8, 4) is 11.3 Å². The zero-order chi connectivity index (χ0) is 12.6. The summed E-state index contributed by atoms with van der Waals surface area (Å²) in [7, 11) is 1.69. The van der Waals surface area contributed by atoms with E-state index in [-0.39, 0.29) is 11.5 Å². The molecule has 6 heteroatoms. The van der Waals surface area contributed by atoms with Gasteiger partial charge in [-0.2, -0.15) is 0 Å². The van der Waals surface area contributed by atoms with Crippen LogP contribution in [0.25, 0.3) is 11.3 Å². The SMILES string of the molecule is Cc1c(-c2nc(N)ncc2Cl)ccc(=O)n1C. The van der Waals surface area contributed by atoms with E-state index in [2.05, 4.69) is 9.97 Å². The van der Waals surface area contributed by atoms with E-state index < -0.39 is 0 Å². The normalized spacial score (nSPS) is 10.5. The van der Waals surface area contributed by atoms with Crippen LogP contribution in [0.15, 0.2) is 23.1 Å². The summed E-state index contributed by atoms with van der Waals surface area (Å²) in [6, 6.07) is 3.16. The molecule has 0 saturated carbocycles. The Balaban J connectivity index is 2.73. The van der Waals surface area contributed by atoms with Crippen molar-refractivity contribution < 1.29 is 0 Å². The number of hydrogen-bond acceptors (Lipinski definition) is 4. The summed E-state index contributed by atoms with van der Waals surface area (Å²) in [5.74, 6) is 0.151. The fraction of sp³-hybridized carbons (Fsp3) is 0.182. The zero-order valence-corrected chi connectivity index (χ0v) is 10.2. The van der Waals surface area contributed by atoms with Gasteiger partial charge < -0.3 is 10.3 Å². The van der Waals surface area contributed by atoms with Crippen LogP contribution in [0.4, 0.5) is 5.95 Å². The van der Waals surface area contributed by atoms with Crippen LogP contribution in [0, 0.1) is 6.92 Å². The lowest BCUT2D eigenvalue weighted by atomic mass is 10.1. The highest BCUT2D eigenvalue weighted by atomic mass is 35.5. The van der Waals surface area contributed by atoms with E-state index in [1.165, 1.54) is 16.8 Å². The lowest BCUT2D eigenvalue weighted by Gasteiger charge is -2.10. The first-order valence-electron chi connectivity index (χ1n) is 4.95. The van der Waals surface area contributed by atoms with Crippen molar-refractivity contribution in [1.29, 1.82) is 0 Å². The summed E-state index contributed by atoms with van der Waals surface area (Å²) in [4.78, 5) is 19.3. The van der Waals surface area contributed by atoms with E-state index in [0.717, 1.165) is 11.3 Å². The zero-order valence-electron chi connectivity index (χ0n) is 9.44. The summed E-state index contributed by atoms with van der Waals surface area (Å²) < 4.78 is 1.53. The first-order chi connectivity index (χ1) is 8.00. The minimum absolute atomic E-state index is 0.0793. The minimum Gasteiger partial charge on any atom is -0.368 e. The fourth-order valence-electron chi connectivity index (χ4n) is 1.55. The Morgan fingerprint density at radius 3 is 2.82 bits per heavy atom. The van der Waals surface area contributed by atoms with Crippen molar-refractivity contribution in [3.05, 3.63) is 39.4 Å². The third-order valence-electron chi connectivity index (χ3n) is 2.63. The molecule has 0 aliphatic heterocycles. The average molecular weight is 251 g/mol. The van der Waals surface area contributed by atoms with Gasteiger partial charge in [0.15, 0.2) is 0 Å². The lowest BCUT2D eigenvalue weighted by Crippen LogP contribution is -2.18. The van der Waals surface area contributed by atoms with Crippen LogP contribution >= 0.6 is 11.6 Å². The smallest absolute Gasteiger partial charge is 0.250 e. The quantitative estimate of drug-likeness (QED) is 0.830. The van der Waals surface area contributed by atoms with Crippen LogP contribution in [0.5, 0.6) is 0 Å². The van der Waals surface area contributed by atoms with Gasteiger partial charge in [-0.05, 0) is 13.0 Å². The van der Waals surface area contributed by atoms with Crippen molar-refractivity contribution in [1.82, 2.24) is 14.5 Å². The molecule has 2 heterocycles. The number of nitrogens with two attached hydrogens (primary N) is 1. The third kappa shape index (κ3) is 2.01. The molecule has 0 aliphatic rings. The molecule has 0 radical (unpaired) electrons. The number of rotatable bonds is 1. The molecule has 0 bridgehead atoms. The molecule has 0 spiro atoms. The van der Waals surface area contributed by atoms with Crippen molar-refractivity contribution in [2.75, 3.05) is 5.73 Å². The van der Waals surface area contributed by atoms with Crippen molar-refractivity contribution in [2.45, 2.75) is 6.92 Å². The van der Waals surface area contributed by atoms with Crippen LogP contribution < -0.4 is 11.3 Å². The van der Waals surface area contributed by atoms with Gasteiger partial charge in [-0.3, -0.25) is 4.79 Å². The van der Waals surface area contributed by atoms with Gasteiger partial charge in [-0.25, -0.2) is 9.97 Å². The second-order valence-corrected chi connectivity index (χ2v) is 4.06. The van der Waals surface area contributed by atoms with Crippen molar-refractivity contribution in [3.63, 3.8) is 0 Å². The molecular formula is C11H11ClN4O. The summed E-state index contributed by atoms with van der Waals surface area (Å²) in [6.07, 6.45) is 1.45. The molecule has 0 aromatic carbocycles. The van der Waals surface area contributed by atoms with Crippen LogP contribution in [0.3, 0.4) is 0 Å². The van der Waals surface area contributed by atoms with Gasteiger partial charge in [0, 0.05) is 24.4 Å². The Hall–Kier alpha value is -1.88. The number of anilines is 1. The summed E-state index contributed by atoms with van der Waals surface area (Å²) in [5, 5.41) is 0.404. The molecule has 0 fully saturated rings. The molecule has 0 atom stereocenters. The topological polar surface area (TPSA) is 73.8 Å². The molecule has 5 nitrogen and oxygen atoms in total. The molecule has 0 amide bonds. The predicted octanol–water partition coefficient (Wildman–Crippen LogP) is 1.39. The van der Waals surface area contributed by atoms with Crippen LogP contribution in [0.1, 0.15) is 5.69 Å². The third-order valence-corrected chi connectivity index (χ3v) is 2.91. The maximum Gasteiger partial charge on any atom is 0.250 e. The maximum atomic E-state index is 11.4. The van der Waals surface area contributed by atoms with E-state index >= 15 is 0 Å². The average Bonchev–Trinajstić information content (AvgIpc) is 2.30. The van der Waals surface area contributed by atoms with Crippen LogP contribution in [-0.4, -0.2) is 14.5 Å². The van der Waals surface area contributed by atoms with Crippen LogP contribution in [-0.2, 0) is 7.05 Å². The molecule has 2 aromatic rings. The Labute approximate surface area is 103 Å². The first-order valence-corrected chi connectivity index (χ1v) is 5.33. The number of nitrogen functional groups attached to an aromatic ring is 1. The van der Waals surface area contributed by atoms with Gasteiger partial charge in [0.2, 0.25) is 11.5 Å². The summed E-state index contributed by atoms with van der Waals surface area (Å²) in [5.41, 5.74) is 7.53. The molecular weight excluding hydrogens is 240 g/mol. The summed E-state index contributed by atoms with van der Waals surface area (Å²) >= 11 is 6.03. The Bertz CT molecular complexity index is 636. The van der Waals surface area contributed by atoms with E-state index in [1.54, 1.807) is 13.1 Å². The highest BCUT2D eigenvalue weighted by Crippen LogP contribution is 2.27. The standard InChI is InChI=1S/C11H11ClN4O/c1-6-7(3-4-9(17)16(6)2)10-8(12)5-14-11(13)15-10/h3-5H,1-2H3,(H2,13,14,15). The van der Waals surface area contributed by atoms with Crippen molar-refractivity contribution in [2.24, 2.45) is 7.05 Å². The Morgan fingerprint density at radius 2 is 2.12 bits per heavy atom. The second-order valence-electron chi connectivity index (χ2n) is 3.65. The van der Waals surface area contributed by atoms with E-state index in [4.69, 9.17) is 17.3 Å². The predicted molar refractivity (Wildman–Crippen MR) is 66.9 cm³/mol. The van der Waals surface area contributed by atoms with E-state index in [1.807, 2.05) is 6.92 Å². The maximum absolute atomic E-state index is 11.4. The van der Waals surface area contributed by atoms with Crippen molar-refractivity contribution >= 4 is 17.5 Å². The van der Waals surface area contributed by atoms with Gasteiger partial charge in [0.1, 0.15) is 0 Å². The molecule has 88 valence electrons. The Morgan fingerprint density at radius 1 is 1.41 bits per heavy atom. The first kappa shape index (κ1) is 11.6. The molecule has 0 saturated heterocycles. The van der Waals surface area contributed by atoms with E-state index in [9.17, 15) is 4.79 Å². The molecule has 17 heavy (non-hydrogen) atoms.